The quantitative estimate of drug-likeness (QED) is 0.636. The number of hydrogen-bond donors (Lipinski definition) is 2. The van der Waals surface area contributed by atoms with Crippen LogP contribution < -0.4 is 10.6 Å². The van der Waals surface area contributed by atoms with Gasteiger partial charge in [0.15, 0.2) is 5.17 Å². The van der Waals surface area contributed by atoms with E-state index >= 15 is 0 Å². The minimum atomic E-state index is -0.525. The molecule has 1 fully saturated rings. The van der Waals surface area contributed by atoms with Gasteiger partial charge in [-0.3, -0.25) is 9.59 Å². The first-order valence-corrected chi connectivity index (χ1v) is 8.47. The maximum atomic E-state index is 12.1. The molecule has 1 saturated heterocycles. The summed E-state index contributed by atoms with van der Waals surface area (Å²) in [6.45, 7) is 1.97. The normalized spacial score (nSPS) is 18.7. The molecule has 1 atom stereocenters. The van der Waals surface area contributed by atoms with Gasteiger partial charge in [0.1, 0.15) is 11.0 Å². The van der Waals surface area contributed by atoms with Crippen molar-refractivity contribution in [1.82, 2.24) is 5.32 Å². The van der Waals surface area contributed by atoms with Crippen LogP contribution in [0.15, 0.2) is 57.3 Å². The van der Waals surface area contributed by atoms with E-state index in [1.807, 2.05) is 31.2 Å². The molecule has 25 heavy (non-hydrogen) atoms. The number of rotatable bonds is 5. The number of benzene rings is 1. The maximum absolute atomic E-state index is 12.1. The SMILES string of the molecule is Cc1ccc(NC(=O)CC2S/C(=N/N=Cc3ccco3)NC2=O)cc1. The topological polar surface area (TPSA) is 96.1 Å². The molecule has 2 heterocycles. The van der Waals surface area contributed by atoms with Gasteiger partial charge < -0.3 is 15.1 Å². The molecule has 2 N–H and O–H groups in total. The van der Waals surface area contributed by atoms with Crippen LogP contribution in [0.5, 0.6) is 0 Å². The van der Waals surface area contributed by atoms with Crippen molar-refractivity contribution < 1.29 is 14.0 Å². The largest absolute Gasteiger partial charge is 0.463 e. The zero-order chi connectivity index (χ0) is 17.6. The van der Waals surface area contributed by atoms with Gasteiger partial charge in [-0.15, -0.1) is 5.10 Å². The smallest absolute Gasteiger partial charge is 0.240 e. The van der Waals surface area contributed by atoms with Crippen LogP contribution in [0.1, 0.15) is 17.7 Å². The molecule has 0 saturated carbocycles. The standard InChI is InChI=1S/C17H16N4O3S/c1-11-4-6-12(7-5-11)19-15(22)9-14-16(23)20-17(25-14)21-18-10-13-3-2-8-24-13/h2-8,10,14H,9H2,1H3,(H,19,22)(H,20,21,23). The molecule has 7 nitrogen and oxygen atoms in total. The first kappa shape index (κ1) is 17.0. The van der Waals surface area contributed by atoms with E-state index in [1.54, 1.807) is 12.1 Å². The number of carbonyl (C=O) groups excluding carboxylic acids is 2. The summed E-state index contributed by atoms with van der Waals surface area (Å²) in [5, 5.41) is 13.0. The van der Waals surface area contributed by atoms with Crippen LogP contribution >= 0.6 is 11.8 Å². The molecule has 8 heteroatoms. The molecule has 1 aromatic carbocycles. The molecule has 0 bridgehead atoms. The second-order valence-electron chi connectivity index (χ2n) is 5.38. The second-order valence-corrected chi connectivity index (χ2v) is 6.57. The number of thioether (sulfide) groups is 1. The predicted octanol–water partition coefficient (Wildman–Crippen LogP) is 2.54. The van der Waals surface area contributed by atoms with E-state index < -0.39 is 5.25 Å². The zero-order valence-corrected chi connectivity index (χ0v) is 14.2. The van der Waals surface area contributed by atoms with Crippen molar-refractivity contribution >= 4 is 40.6 Å². The van der Waals surface area contributed by atoms with Gasteiger partial charge in [-0.05, 0) is 31.2 Å². The Morgan fingerprint density at radius 1 is 1.36 bits per heavy atom. The number of anilines is 1. The van der Waals surface area contributed by atoms with Crippen LogP contribution in [-0.2, 0) is 9.59 Å². The highest BCUT2D eigenvalue weighted by molar-refractivity contribution is 8.15. The number of amides is 2. The van der Waals surface area contributed by atoms with Crippen LogP contribution in [0.25, 0.3) is 0 Å². The number of nitrogens with zero attached hydrogens (tertiary/aromatic N) is 2. The zero-order valence-electron chi connectivity index (χ0n) is 13.4. The molecule has 0 radical (unpaired) electrons. The number of carbonyl (C=O) groups is 2. The average molecular weight is 356 g/mol. The summed E-state index contributed by atoms with van der Waals surface area (Å²) in [5.41, 5.74) is 1.82. The Bertz CT molecular complexity index is 813. The fraction of sp³-hybridized carbons (Fsp3) is 0.176. The third-order valence-corrected chi connectivity index (χ3v) is 4.43. The van der Waals surface area contributed by atoms with Crippen LogP contribution in [0, 0.1) is 6.92 Å². The molecule has 2 aromatic rings. The minimum absolute atomic E-state index is 0.0608. The van der Waals surface area contributed by atoms with E-state index in [0.717, 1.165) is 5.56 Å². The van der Waals surface area contributed by atoms with Crippen molar-refractivity contribution in [3.63, 3.8) is 0 Å². The fourth-order valence-electron chi connectivity index (χ4n) is 2.11. The first-order chi connectivity index (χ1) is 12.1. The minimum Gasteiger partial charge on any atom is -0.463 e. The molecular weight excluding hydrogens is 340 g/mol. The average Bonchev–Trinajstić information content (AvgIpc) is 3.20. The molecule has 0 aliphatic carbocycles. The molecule has 128 valence electrons. The molecule has 1 aliphatic rings. The van der Waals surface area contributed by atoms with Crippen molar-refractivity contribution in [2.75, 3.05) is 5.32 Å². The van der Waals surface area contributed by atoms with E-state index in [0.29, 0.717) is 16.6 Å². The highest BCUT2D eigenvalue weighted by Crippen LogP contribution is 2.23. The van der Waals surface area contributed by atoms with E-state index in [9.17, 15) is 9.59 Å². The van der Waals surface area contributed by atoms with Crippen molar-refractivity contribution in [1.29, 1.82) is 0 Å². The Balaban J connectivity index is 1.53. The van der Waals surface area contributed by atoms with Crippen molar-refractivity contribution in [2.24, 2.45) is 10.2 Å². The monoisotopic (exact) mass is 356 g/mol. The third-order valence-electron chi connectivity index (χ3n) is 3.36. The Morgan fingerprint density at radius 3 is 2.88 bits per heavy atom. The lowest BCUT2D eigenvalue weighted by molar-refractivity contribution is -0.122. The summed E-state index contributed by atoms with van der Waals surface area (Å²) in [7, 11) is 0. The molecule has 1 aromatic heterocycles. The van der Waals surface area contributed by atoms with Crippen LogP contribution in [0.3, 0.4) is 0 Å². The number of hydrogen-bond acceptors (Lipinski definition) is 6. The fourth-order valence-corrected chi connectivity index (χ4v) is 3.03. The van der Waals surface area contributed by atoms with Gasteiger partial charge in [-0.25, -0.2) is 0 Å². The predicted molar refractivity (Wildman–Crippen MR) is 97.7 cm³/mol. The van der Waals surface area contributed by atoms with Crippen molar-refractivity contribution in [3.05, 3.63) is 54.0 Å². The van der Waals surface area contributed by atoms with Crippen LogP contribution in [-0.4, -0.2) is 28.4 Å². The van der Waals surface area contributed by atoms with Gasteiger partial charge in [-0.2, -0.15) is 5.10 Å². The summed E-state index contributed by atoms with van der Waals surface area (Å²) in [5.74, 6) is 0.0838. The molecular formula is C17H16N4O3S. The lowest BCUT2D eigenvalue weighted by Crippen LogP contribution is -2.28. The van der Waals surface area contributed by atoms with E-state index in [1.165, 1.54) is 24.2 Å². The number of amidine groups is 1. The summed E-state index contributed by atoms with van der Waals surface area (Å²) >= 11 is 1.18. The lowest BCUT2D eigenvalue weighted by atomic mass is 10.2. The summed E-state index contributed by atoms with van der Waals surface area (Å²) in [4.78, 5) is 24.0. The third kappa shape index (κ3) is 4.80. The van der Waals surface area contributed by atoms with Gasteiger partial charge >= 0.3 is 0 Å². The second kappa shape index (κ2) is 7.80. The van der Waals surface area contributed by atoms with Gasteiger partial charge in [0, 0.05) is 12.1 Å². The Kier molecular flexibility index (Phi) is 5.30. The summed E-state index contributed by atoms with van der Waals surface area (Å²) < 4.78 is 5.09. The summed E-state index contributed by atoms with van der Waals surface area (Å²) in [6.07, 6.45) is 3.03. The Labute approximate surface area is 148 Å². The molecule has 1 unspecified atom stereocenters. The molecule has 3 rings (SSSR count). The van der Waals surface area contributed by atoms with E-state index in [-0.39, 0.29) is 18.2 Å². The molecule has 1 aliphatic heterocycles. The first-order valence-electron chi connectivity index (χ1n) is 7.59. The van der Waals surface area contributed by atoms with E-state index in [4.69, 9.17) is 4.42 Å². The van der Waals surface area contributed by atoms with E-state index in [2.05, 4.69) is 20.8 Å². The van der Waals surface area contributed by atoms with Crippen molar-refractivity contribution in [3.8, 4) is 0 Å². The highest BCUT2D eigenvalue weighted by Gasteiger charge is 2.32. The summed E-state index contributed by atoms with van der Waals surface area (Å²) in [6, 6.07) is 10.9. The van der Waals surface area contributed by atoms with Gasteiger partial charge in [0.25, 0.3) is 0 Å². The molecule has 0 spiro atoms. The van der Waals surface area contributed by atoms with Gasteiger partial charge in [-0.1, -0.05) is 29.5 Å². The number of nitrogens with one attached hydrogen (secondary N) is 2. The van der Waals surface area contributed by atoms with Crippen molar-refractivity contribution in [2.45, 2.75) is 18.6 Å². The number of aryl methyl sites for hydroxylation is 1. The maximum Gasteiger partial charge on any atom is 0.240 e. The highest BCUT2D eigenvalue weighted by atomic mass is 32.2. The van der Waals surface area contributed by atoms with Crippen LogP contribution in [0.4, 0.5) is 5.69 Å². The Hall–Kier alpha value is -2.87. The van der Waals surface area contributed by atoms with Gasteiger partial charge in [0.05, 0.1) is 12.5 Å². The van der Waals surface area contributed by atoms with Crippen LogP contribution in [0.2, 0.25) is 0 Å². The Morgan fingerprint density at radius 2 is 2.16 bits per heavy atom. The molecule has 2 amide bonds. The number of furan rings is 1. The lowest BCUT2D eigenvalue weighted by Gasteiger charge is -2.07. The van der Waals surface area contributed by atoms with Gasteiger partial charge in [0.2, 0.25) is 11.8 Å².